The van der Waals surface area contributed by atoms with Gasteiger partial charge in [-0.2, -0.15) is 0 Å². The monoisotopic (exact) mass is 222 g/mol. The van der Waals surface area contributed by atoms with Crippen molar-refractivity contribution in [2.75, 3.05) is 0 Å². The van der Waals surface area contributed by atoms with Crippen LogP contribution in [-0.4, -0.2) is 5.78 Å². The van der Waals surface area contributed by atoms with Crippen molar-refractivity contribution in [3.05, 3.63) is 0 Å². The summed E-state index contributed by atoms with van der Waals surface area (Å²) in [5.41, 5.74) is 1.20. The first-order valence-electron chi connectivity index (χ1n) is 7.06. The molecule has 2 rings (SSSR count). The molecule has 2 unspecified atom stereocenters. The van der Waals surface area contributed by atoms with Crippen LogP contribution in [0.5, 0.6) is 0 Å². The average Bonchev–Trinajstić information content (AvgIpc) is 2.86. The van der Waals surface area contributed by atoms with Gasteiger partial charge < -0.3 is 0 Å². The highest BCUT2D eigenvalue weighted by molar-refractivity contribution is 5.78. The van der Waals surface area contributed by atoms with E-state index in [1.54, 1.807) is 6.92 Å². The molecule has 0 amide bonds. The van der Waals surface area contributed by atoms with Gasteiger partial charge in [0.25, 0.3) is 0 Å². The summed E-state index contributed by atoms with van der Waals surface area (Å²) in [5.74, 6) is 0.659. The Morgan fingerprint density at radius 1 is 1.25 bits per heavy atom. The lowest BCUT2D eigenvalue weighted by atomic mass is 9.75. The third-order valence-corrected chi connectivity index (χ3v) is 5.56. The van der Waals surface area contributed by atoms with Crippen LogP contribution >= 0.6 is 0 Å². The summed E-state index contributed by atoms with van der Waals surface area (Å²) in [6.45, 7) is 6.20. The van der Waals surface area contributed by atoms with E-state index in [9.17, 15) is 4.79 Å². The first-order valence-corrected chi connectivity index (χ1v) is 7.06. The Hall–Kier alpha value is -0.330. The summed E-state index contributed by atoms with van der Waals surface area (Å²) in [6, 6.07) is 0. The molecule has 1 spiro atoms. The Labute approximate surface area is 100.0 Å². The summed E-state index contributed by atoms with van der Waals surface area (Å²) < 4.78 is 0. The second kappa shape index (κ2) is 4.16. The maximum absolute atomic E-state index is 11.4. The van der Waals surface area contributed by atoms with Crippen molar-refractivity contribution >= 4 is 5.78 Å². The van der Waals surface area contributed by atoms with Gasteiger partial charge >= 0.3 is 0 Å². The highest BCUT2D eigenvalue weighted by Crippen LogP contribution is 2.74. The molecule has 0 aromatic carbocycles. The lowest BCUT2D eigenvalue weighted by Gasteiger charge is -2.30. The van der Waals surface area contributed by atoms with E-state index in [1.165, 1.54) is 44.9 Å². The summed E-state index contributed by atoms with van der Waals surface area (Å²) in [4.78, 5) is 11.4. The largest absolute Gasteiger partial charge is 0.300 e. The molecule has 2 aliphatic carbocycles. The second-order valence-corrected chi connectivity index (χ2v) is 6.37. The molecule has 0 aromatic heterocycles. The first kappa shape index (κ1) is 12.1. The SMILES string of the molecule is CCC1(CC(C)C(C)=O)CC12CCCCC2. The van der Waals surface area contributed by atoms with Gasteiger partial charge in [0, 0.05) is 5.92 Å². The number of carbonyl (C=O) groups excluding carboxylic acids is 1. The van der Waals surface area contributed by atoms with Crippen LogP contribution in [0.3, 0.4) is 0 Å². The van der Waals surface area contributed by atoms with Crippen LogP contribution in [0.4, 0.5) is 0 Å². The van der Waals surface area contributed by atoms with Crippen molar-refractivity contribution in [2.45, 2.75) is 72.1 Å². The zero-order valence-corrected chi connectivity index (χ0v) is 11.1. The molecule has 92 valence electrons. The van der Waals surface area contributed by atoms with Crippen molar-refractivity contribution < 1.29 is 4.79 Å². The number of hydrogen-bond donors (Lipinski definition) is 0. The Bertz CT molecular complexity index is 275. The fraction of sp³-hybridized carbons (Fsp3) is 0.933. The van der Waals surface area contributed by atoms with Crippen LogP contribution in [0.25, 0.3) is 0 Å². The number of carbonyl (C=O) groups is 1. The van der Waals surface area contributed by atoms with Crippen molar-refractivity contribution in [1.29, 1.82) is 0 Å². The van der Waals surface area contributed by atoms with E-state index >= 15 is 0 Å². The van der Waals surface area contributed by atoms with Crippen LogP contribution < -0.4 is 0 Å². The van der Waals surface area contributed by atoms with Crippen LogP contribution in [-0.2, 0) is 4.79 Å². The molecule has 0 heterocycles. The minimum atomic E-state index is 0.279. The van der Waals surface area contributed by atoms with Gasteiger partial charge in [0.05, 0.1) is 0 Å². The minimum Gasteiger partial charge on any atom is -0.300 e. The Balaban J connectivity index is 2.03. The maximum Gasteiger partial charge on any atom is 0.132 e. The van der Waals surface area contributed by atoms with E-state index in [-0.39, 0.29) is 5.92 Å². The molecule has 0 aromatic rings. The summed E-state index contributed by atoms with van der Waals surface area (Å²) >= 11 is 0. The van der Waals surface area contributed by atoms with Gasteiger partial charge in [-0.3, -0.25) is 4.79 Å². The highest BCUT2D eigenvalue weighted by Gasteiger charge is 2.64. The summed E-state index contributed by atoms with van der Waals surface area (Å²) in [6.07, 6.45) is 11.0. The van der Waals surface area contributed by atoms with E-state index in [4.69, 9.17) is 0 Å². The van der Waals surface area contributed by atoms with E-state index in [2.05, 4.69) is 13.8 Å². The fourth-order valence-electron chi connectivity index (χ4n) is 4.20. The normalized spacial score (nSPS) is 33.7. The molecule has 0 bridgehead atoms. The molecule has 0 radical (unpaired) electrons. The van der Waals surface area contributed by atoms with Gasteiger partial charge in [0.1, 0.15) is 5.78 Å². The third-order valence-electron chi connectivity index (χ3n) is 5.56. The van der Waals surface area contributed by atoms with Crippen LogP contribution in [0.15, 0.2) is 0 Å². The molecule has 2 aliphatic rings. The zero-order valence-electron chi connectivity index (χ0n) is 11.1. The molecule has 0 N–H and O–H groups in total. The van der Waals surface area contributed by atoms with Crippen molar-refractivity contribution in [3.63, 3.8) is 0 Å². The molecular formula is C15H26O. The third kappa shape index (κ3) is 1.83. The molecule has 0 aliphatic heterocycles. The average molecular weight is 222 g/mol. The molecule has 1 heteroatoms. The second-order valence-electron chi connectivity index (χ2n) is 6.37. The summed E-state index contributed by atoms with van der Waals surface area (Å²) in [5, 5.41) is 0. The van der Waals surface area contributed by atoms with E-state index in [1.807, 2.05) is 0 Å². The standard InChI is InChI=1S/C15H26O/c1-4-14(10-12(2)13(3)16)11-15(14)8-6-5-7-9-15/h12H,4-11H2,1-3H3. The van der Waals surface area contributed by atoms with Gasteiger partial charge in [-0.05, 0) is 49.9 Å². The minimum absolute atomic E-state index is 0.279. The van der Waals surface area contributed by atoms with Gasteiger partial charge in [0.15, 0.2) is 0 Å². The van der Waals surface area contributed by atoms with E-state index in [0.717, 1.165) is 6.42 Å². The van der Waals surface area contributed by atoms with Gasteiger partial charge in [-0.25, -0.2) is 0 Å². The molecule has 2 fully saturated rings. The van der Waals surface area contributed by atoms with Gasteiger partial charge in [0.2, 0.25) is 0 Å². The molecule has 16 heavy (non-hydrogen) atoms. The molecule has 2 atom stereocenters. The topological polar surface area (TPSA) is 17.1 Å². The van der Waals surface area contributed by atoms with Crippen molar-refractivity contribution in [1.82, 2.24) is 0 Å². The number of Topliss-reactive ketones (excluding diaryl/α,β-unsaturated/α-hetero) is 1. The zero-order chi connectivity index (χ0) is 11.8. The predicted octanol–water partition coefficient (Wildman–Crippen LogP) is 4.35. The maximum atomic E-state index is 11.4. The smallest absolute Gasteiger partial charge is 0.132 e. The lowest BCUT2D eigenvalue weighted by molar-refractivity contribution is -0.121. The first-order chi connectivity index (χ1) is 7.55. The van der Waals surface area contributed by atoms with Crippen molar-refractivity contribution in [2.24, 2.45) is 16.7 Å². The summed E-state index contributed by atoms with van der Waals surface area (Å²) in [7, 11) is 0. The van der Waals surface area contributed by atoms with E-state index in [0.29, 0.717) is 16.6 Å². The van der Waals surface area contributed by atoms with E-state index < -0.39 is 0 Å². The Morgan fingerprint density at radius 2 is 1.88 bits per heavy atom. The Kier molecular flexibility index (Phi) is 3.16. The molecule has 0 saturated heterocycles. The van der Waals surface area contributed by atoms with Crippen LogP contribution in [0.2, 0.25) is 0 Å². The quantitative estimate of drug-likeness (QED) is 0.691. The predicted molar refractivity (Wildman–Crippen MR) is 67.3 cm³/mol. The fourth-order valence-corrected chi connectivity index (χ4v) is 4.20. The van der Waals surface area contributed by atoms with Crippen LogP contribution in [0.1, 0.15) is 72.1 Å². The number of ketones is 1. The molecule has 2 saturated carbocycles. The highest BCUT2D eigenvalue weighted by atomic mass is 16.1. The van der Waals surface area contributed by atoms with Gasteiger partial charge in [-0.15, -0.1) is 0 Å². The molecule has 1 nitrogen and oxygen atoms in total. The van der Waals surface area contributed by atoms with Crippen LogP contribution in [0, 0.1) is 16.7 Å². The lowest BCUT2D eigenvalue weighted by Crippen LogP contribution is -2.21. The number of rotatable bonds is 4. The molecular weight excluding hydrogens is 196 g/mol. The Morgan fingerprint density at radius 3 is 2.38 bits per heavy atom. The number of hydrogen-bond acceptors (Lipinski definition) is 1. The van der Waals surface area contributed by atoms with Crippen molar-refractivity contribution in [3.8, 4) is 0 Å². The van der Waals surface area contributed by atoms with Gasteiger partial charge in [-0.1, -0.05) is 33.1 Å².